The van der Waals surface area contributed by atoms with Gasteiger partial charge in [0.2, 0.25) is 11.8 Å². The Morgan fingerprint density at radius 2 is 1.53 bits per heavy atom. The molecule has 0 saturated carbocycles. The lowest BCUT2D eigenvalue weighted by Gasteiger charge is -2.32. The summed E-state index contributed by atoms with van der Waals surface area (Å²) in [4.78, 5) is 28.8. The molecular weight excluding hydrogens is 515 g/mol. The maximum Gasteiger partial charge on any atom is 0.243 e. The van der Waals surface area contributed by atoms with Crippen molar-refractivity contribution >= 4 is 46.6 Å². The van der Waals surface area contributed by atoms with Gasteiger partial charge in [0, 0.05) is 31.0 Å². The first-order valence-electron chi connectivity index (χ1n) is 12.0. The number of nitrogens with one attached hydrogen (secondary N) is 1. The lowest BCUT2D eigenvalue weighted by atomic mass is 10.0. The molecule has 7 heteroatoms. The standard InChI is InChI=1S/C29H31Cl3N2O2/c1-20(2)18-33-29(36)27(17-21-8-4-3-5-9-21)34(19-22-12-14-25(31)26(32)16-22)28(35)15-13-23-10-6-7-11-24(23)30/h3-12,14,16,20,27H,13,15,17-19H2,1-2H3,(H,33,36). The Morgan fingerprint density at radius 3 is 2.19 bits per heavy atom. The van der Waals surface area contributed by atoms with E-state index in [0.29, 0.717) is 34.5 Å². The fourth-order valence-corrected chi connectivity index (χ4v) is 4.45. The summed E-state index contributed by atoms with van der Waals surface area (Å²) in [5.41, 5.74) is 2.66. The van der Waals surface area contributed by atoms with Gasteiger partial charge >= 0.3 is 0 Å². The van der Waals surface area contributed by atoms with Crippen molar-refractivity contribution in [1.29, 1.82) is 0 Å². The van der Waals surface area contributed by atoms with Gasteiger partial charge in [-0.1, -0.05) is 103 Å². The number of hydrogen-bond acceptors (Lipinski definition) is 2. The number of nitrogens with zero attached hydrogens (tertiary/aromatic N) is 1. The average Bonchev–Trinajstić information content (AvgIpc) is 2.86. The van der Waals surface area contributed by atoms with Crippen LogP contribution in [0.25, 0.3) is 0 Å². The Kier molecular flexibility index (Phi) is 10.7. The highest BCUT2D eigenvalue weighted by atomic mass is 35.5. The number of amides is 2. The predicted octanol–water partition coefficient (Wildman–Crippen LogP) is 6.99. The zero-order valence-electron chi connectivity index (χ0n) is 20.5. The van der Waals surface area contributed by atoms with Gasteiger partial charge < -0.3 is 10.2 Å². The van der Waals surface area contributed by atoms with E-state index in [9.17, 15) is 9.59 Å². The fourth-order valence-electron chi connectivity index (χ4n) is 3.90. The average molecular weight is 546 g/mol. The van der Waals surface area contributed by atoms with Crippen molar-refractivity contribution in [3.05, 3.63) is 105 Å². The second-order valence-corrected chi connectivity index (χ2v) is 10.4. The van der Waals surface area contributed by atoms with Crippen LogP contribution in [0, 0.1) is 5.92 Å². The minimum absolute atomic E-state index is 0.137. The van der Waals surface area contributed by atoms with Crippen molar-refractivity contribution in [2.45, 2.75) is 45.7 Å². The molecule has 1 unspecified atom stereocenters. The second kappa shape index (κ2) is 13.7. The quantitative estimate of drug-likeness (QED) is 0.282. The highest BCUT2D eigenvalue weighted by Crippen LogP contribution is 2.25. The summed E-state index contributed by atoms with van der Waals surface area (Å²) in [5, 5.41) is 4.49. The van der Waals surface area contributed by atoms with Gasteiger partial charge in [0.15, 0.2) is 0 Å². The molecule has 1 atom stereocenters. The number of rotatable bonds is 11. The van der Waals surface area contributed by atoms with Crippen LogP contribution in [0.15, 0.2) is 72.8 Å². The van der Waals surface area contributed by atoms with Gasteiger partial charge in [-0.25, -0.2) is 0 Å². The largest absolute Gasteiger partial charge is 0.354 e. The maximum atomic E-state index is 13.7. The Balaban J connectivity index is 1.93. The first-order chi connectivity index (χ1) is 17.2. The number of aryl methyl sites for hydroxylation is 1. The first kappa shape index (κ1) is 28.0. The molecule has 0 aliphatic heterocycles. The van der Waals surface area contributed by atoms with Crippen LogP contribution >= 0.6 is 34.8 Å². The Hall–Kier alpha value is -2.53. The third-order valence-corrected chi connectivity index (χ3v) is 6.97. The molecule has 0 spiro atoms. The van der Waals surface area contributed by atoms with Gasteiger partial charge in [-0.05, 0) is 47.2 Å². The van der Waals surface area contributed by atoms with Crippen LogP contribution in [-0.2, 0) is 29.0 Å². The van der Waals surface area contributed by atoms with E-state index in [1.807, 2.05) is 74.5 Å². The summed E-state index contributed by atoms with van der Waals surface area (Å²) in [6.07, 6.45) is 1.08. The summed E-state index contributed by atoms with van der Waals surface area (Å²) in [7, 11) is 0. The summed E-state index contributed by atoms with van der Waals surface area (Å²) < 4.78 is 0. The van der Waals surface area contributed by atoms with Crippen LogP contribution in [0.3, 0.4) is 0 Å². The summed E-state index contributed by atoms with van der Waals surface area (Å²) >= 11 is 18.7. The van der Waals surface area contributed by atoms with Crippen LogP contribution in [0.5, 0.6) is 0 Å². The Morgan fingerprint density at radius 1 is 0.833 bits per heavy atom. The molecule has 0 aliphatic carbocycles. The second-order valence-electron chi connectivity index (χ2n) is 9.21. The summed E-state index contributed by atoms with van der Waals surface area (Å²) in [5.74, 6) is -0.0360. The number of benzene rings is 3. The van der Waals surface area contributed by atoms with Crippen molar-refractivity contribution in [3.63, 3.8) is 0 Å². The van der Waals surface area contributed by atoms with Gasteiger partial charge in [-0.3, -0.25) is 9.59 Å². The highest BCUT2D eigenvalue weighted by molar-refractivity contribution is 6.42. The monoisotopic (exact) mass is 544 g/mol. The SMILES string of the molecule is CC(C)CNC(=O)C(Cc1ccccc1)N(Cc1ccc(Cl)c(Cl)c1)C(=O)CCc1ccccc1Cl. The Labute approximate surface area is 228 Å². The molecule has 0 fully saturated rings. The predicted molar refractivity (Wildman–Crippen MR) is 149 cm³/mol. The normalized spacial score (nSPS) is 11.8. The molecule has 0 radical (unpaired) electrons. The van der Waals surface area contributed by atoms with Crippen molar-refractivity contribution in [2.75, 3.05) is 6.54 Å². The van der Waals surface area contributed by atoms with Crippen molar-refractivity contribution in [3.8, 4) is 0 Å². The fraction of sp³-hybridized carbons (Fsp3) is 0.310. The van der Waals surface area contributed by atoms with E-state index in [2.05, 4.69) is 5.32 Å². The molecule has 3 aromatic carbocycles. The molecule has 1 N–H and O–H groups in total. The third kappa shape index (κ3) is 8.26. The van der Waals surface area contributed by atoms with Gasteiger partial charge in [0.1, 0.15) is 6.04 Å². The molecule has 2 amide bonds. The van der Waals surface area contributed by atoms with E-state index in [4.69, 9.17) is 34.8 Å². The van der Waals surface area contributed by atoms with E-state index in [1.54, 1.807) is 17.0 Å². The van der Waals surface area contributed by atoms with E-state index >= 15 is 0 Å². The number of carbonyl (C=O) groups excluding carboxylic acids is 2. The van der Waals surface area contributed by atoms with E-state index < -0.39 is 6.04 Å². The molecule has 0 aromatic heterocycles. The molecular formula is C29H31Cl3N2O2. The minimum atomic E-state index is -0.695. The van der Waals surface area contributed by atoms with Crippen LogP contribution < -0.4 is 5.32 Å². The van der Waals surface area contributed by atoms with E-state index in [1.165, 1.54) is 0 Å². The molecule has 3 aromatic rings. The van der Waals surface area contributed by atoms with Gasteiger partial charge in [-0.15, -0.1) is 0 Å². The van der Waals surface area contributed by atoms with Crippen LogP contribution in [0.2, 0.25) is 15.1 Å². The Bertz CT molecular complexity index is 1170. The third-order valence-electron chi connectivity index (χ3n) is 5.86. The topological polar surface area (TPSA) is 49.4 Å². The van der Waals surface area contributed by atoms with Gasteiger partial charge in [-0.2, -0.15) is 0 Å². The van der Waals surface area contributed by atoms with Crippen molar-refractivity contribution < 1.29 is 9.59 Å². The number of halogens is 3. The molecule has 0 heterocycles. The van der Waals surface area contributed by atoms with Gasteiger partial charge in [0.25, 0.3) is 0 Å². The highest BCUT2D eigenvalue weighted by Gasteiger charge is 2.30. The smallest absolute Gasteiger partial charge is 0.243 e. The van der Waals surface area contributed by atoms with Crippen molar-refractivity contribution in [2.24, 2.45) is 5.92 Å². The first-order valence-corrected chi connectivity index (χ1v) is 13.2. The molecule has 190 valence electrons. The van der Waals surface area contributed by atoms with E-state index in [0.717, 1.165) is 16.7 Å². The number of carbonyl (C=O) groups is 2. The van der Waals surface area contributed by atoms with Crippen LogP contribution in [-0.4, -0.2) is 29.3 Å². The van der Waals surface area contributed by atoms with Gasteiger partial charge in [0.05, 0.1) is 10.0 Å². The minimum Gasteiger partial charge on any atom is -0.354 e. The lowest BCUT2D eigenvalue weighted by Crippen LogP contribution is -2.51. The lowest BCUT2D eigenvalue weighted by molar-refractivity contribution is -0.141. The molecule has 0 bridgehead atoms. The van der Waals surface area contributed by atoms with Crippen molar-refractivity contribution in [1.82, 2.24) is 10.2 Å². The zero-order valence-corrected chi connectivity index (χ0v) is 22.8. The molecule has 0 saturated heterocycles. The molecule has 0 aliphatic rings. The zero-order chi connectivity index (χ0) is 26.1. The maximum absolute atomic E-state index is 13.7. The van der Waals surface area contributed by atoms with E-state index in [-0.39, 0.29) is 30.7 Å². The molecule has 3 rings (SSSR count). The molecule has 4 nitrogen and oxygen atoms in total. The van der Waals surface area contributed by atoms with Crippen LogP contribution in [0.4, 0.5) is 0 Å². The molecule has 36 heavy (non-hydrogen) atoms. The van der Waals surface area contributed by atoms with Crippen LogP contribution in [0.1, 0.15) is 37.0 Å². The number of hydrogen-bond donors (Lipinski definition) is 1. The summed E-state index contributed by atoms with van der Waals surface area (Å²) in [6, 6.07) is 21.8. The summed E-state index contributed by atoms with van der Waals surface area (Å²) in [6.45, 7) is 4.83.